The van der Waals surface area contributed by atoms with E-state index >= 15 is 0 Å². The molecule has 1 atom stereocenters. The molecule has 1 unspecified atom stereocenters. The summed E-state index contributed by atoms with van der Waals surface area (Å²) in [7, 11) is 0. The second-order valence-corrected chi connectivity index (χ2v) is 6.58. The third-order valence-corrected chi connectivity index (χ3v) is 5.12. The highest BCUT2D eigenvalue weighted by Crippen LogP contribution is 2.37. The second-order valence-electron chi connectivity index (χ2n) is 6.58. The van der Waals surface area contributed by atoms with Crippen molar-refractivity contribution >= 4 is 5.91 Å². The SMILES string of the molecule is CCCC1(C)CCCN(C(=O)C(CC)(CC)CN)C1. The van der Waals surface area contributed by atoms with Gasteiger partial charge in [0.05, 0.1) is 5.41 Å². The van der Waals surface area contributed by atoms with Gasteiger partial charge in [0.15, 0.2) is 0 Å². The van der Waals surface area contributed by atoms with E-state index in [4.69, 9.17) is 5.73 Å². The highest BCUT2D eigenvalue weighted by atomic mass is 16.2. The Balaban J connectivity index is 2.81. The first-order valence-electron chi connectivity index (χ1n) is 7.96. The fourth-order valence-electron chi connectivity index (χ4n) is 3.56. The van der Waals surface area contributed by atoms with E-state index in [0.717, 1.165) is 32.4 Å². The number of piperidine rings is 1. The van der Waals surface area contributed by atoms with Gasteiger partial charge in [-0.1, -0.05) is 34.1 Å². The molecule has 0 aromatic carbocycles. The molecule has 0 radical (unpaired) electrons. The minimum Gasteiger partial charge on any atom is -0.342 e. The minimum absolute atomic E-state index is 0.294. The molecular weight excluding hydrogens is 236 g/mol. The summed E-state index contributed by atoms with van der Waals surface area (Å²) in [6, 6.07) is 0. The Morgan fingerprint density at radius 1 is 1.32 bits per heavy atom. The molecule has 0 aliphatic carbocycles. The van der Waals surface area contributed by atoms with Crippen LogP contribution in [-0.4, -0.2) is 30.4 Å². The van der Waals surface area contributed by atoms with E-state index in [9.17, 15) is 4.79 Å². The van der Waals surface area contributed by atoms with Crippen molar-refractivity contribution in [2.45, 2.75) is 66.2 Å². The van der Waals surface area contributed by atoms with E-state index in [1.807, 2.05) is 0 Å². The van der Waals surface area contributed by atoms with Crippen LogP contribution in [-0.2, 0) is 4.79 Å². The zero-order chi connectivity index (χ0) is 14.5. The Kier molecular flexibility index (Phi) is 5.84. The highest BCUT2D eigenvalue weighted by Gasteiger charge is 2.40. The van der Waals surface area contributed by atoms with Crippen LogP contribution in [0, 0.1) is 10.8 Å². The van der Waals surface area contributed by atoms with E-state index in [2.05, 4.69) is 32.6 Å². The van der Waals surface area contributed by atoms with Gasteiger partial charge in [-0.2, -0.15) is 0 Å². The average Bonchev–Trinajstić information content (AvgIpc) is 2.41. The van der Waals surface area contributed by atoms with Crippen molar-refractivity contribution in [3.63, 3.8) is 0 Å². The molecule has 1 amide bonds. The zero-order valence-electron chi connectivity index (χ0n) is 13.3. The average molecular weight is 268 g/mol. The Morgan fingerprint density at radius 2 is 1.95 bits per heavy atom. The first-order chi connectivity index (χ1) is 8.97. The third kappa shape index (κ3) is 3.50. The van der Waals surface area contributed by atoms with E-state index in [1.54, 1.807) is 0 Å². The molecule has 1 heterocycles. The topological polar surface area (TPSA) is 46.3 Å². The van der Waals surface area contributed by atoms with E-state index < -0.39 is 0 Å². The molecule has 0 saturated carbocycles. The predicted molar refractivity (Wildman–Crippen MR) is 80.9 cm³/mol. The Hall–Kier alpha value is -0.570. The number of likely N-dealkylation sites (tertiary alicyclic amines) is 1. The number of nitrogens with zero attached hydrogens (tertiary/aromatic N) is 1. The number of nitrogens with two attached hydrogens (primary N) is 1. The number of hydrogen-bond acceptors (Lipinski definition) is 2. The first kappa shape index (κ1) is 16.5. The minimum atomic E-state index is -0.329. The lowest BCUT2D eigenvalue weighted by Crippen LogP contribution is -2.52. The van der Waals surface area contributed by atoms with E-state index in [0.29, 0.717) is 17.9 Å². The molecule has 0 bridgehead atoms. The number of carbonyl (C=O) groups excluding carboxylic acids is 1. The Labute approximate surface area is 118 Å². The number of hydrogen-bond donors (Lipinski definition) is 1. The van der Waals surface area contributed by atoms with Gasteiger partial charge in [0.2, 0.25) is 5.91 Å². The molecule has 0 spiro atoms. The summed E-state index contributed by atoms with van der Waals surface area (Å²) in [4.78, 5) is 14.9. The summed E-state index contributed by atoms with van der Waals surface area (Å²) in [5, 5.41) is 0. The van der Waals surface area contributed by atoms with Crippen molar-refractivity contribution in [1.82, 2.24) is 4.90 Å². The highest BCUT2D eigenvalue weighted by molar-refractivity contribution is 5.83. The molecule has 1 rings (SSSR count). The summed E-state index contributed by atoms with van der Waals surface area (Å²) in [5.74, 6) is 0.294. The van der Waals surface area contributed by atoms with Gasteiger partial charge >= 0.3 is 0 Å². The van der Waals surface area contributed by atoms with Gasteiger partial charge < -0.3 is 10.6 Å². The molecule has 0 aromatic heterocycles. The maximum atomic E-state index is 12.9. The Bertz CT molecular complexity index is 287. The predicted octanol–water partition coefficient (Wildman–Crippen LogP) is 3.18. The molecule has 3 nitrogen and oxygen atoms in total. The molecular formula is C16H32N2O. The molecule has 1 fully saturated rings. The largest absolute Gasteiger partial charge is 0.342 e. The number of rotatable bonds is 6. The van der Waals surface area contributed by atoms with Crippen LogP contribution in [0.3, 0.4) is 0 Å². The van der Waals surface area contributed by atoms with Gasteiger partial charge in [0, 0.05) is 19.6 Å². The molecule has 19 heavy (non-hydrogen) atoms. The van der Waals surface area contributed by atoms with Crippen LogP contribution in [0.5, 0.6) is 0 Å². The first-order valence-corrected chi connectivity index (χ1v) is 7.96. The van der Waals surface area contributed by atoms with E-state index in [-0.39, 0.29) is 5.41 Å². The lowest BCUT2D eigenvalue weighted by molar-refractivity contribution is -0.145. The van der Waals surface area contributed by atoms with Crippen molar-refractivity contribution in [1.29, 1.82) is 0 Å². The van der Waals surface area contributed by atoms with Crippen LogP contribution in [0.25, 0.3) is 0 Å². The summed E-state index contributed by atoms with van der Waals surface area (Å²) in [5.41, 5.74) is 5.90. The normalized spacial score (nSPS) is 24.6. The second kappa shape index (κ2) is 6.74. The summed E-state index contributed by atoms with van der Waals surface area (Å²) < 4.78 is 0. The molecule has 2 N–H and O–H groups in total. The van der Waals surface area contributed by atoms with Crippen LogP contribution in [0.1, 0.15) is 66.2 Å². The third-order valence-electron chi connectivity index (χ3n) is 5.12. The van der Waals surface area contributed by atoms with Crippen molar-refractivity contribution in [3.8, 4) is 0 Å². The fourth-order valence-corrected chi connectivity index (χ4v) is 3.56. The van der Waals surface area contributed by atoms with Crippen LogP contribution >= 0.6 is 0 Å². The molecule has 3 heteroatoms. The van der Waals surface area contributed by atoms with Crippen LogP contribution in [0.15, 0.2) is 0 Å². The van der Waals surface area contributed by atoms with Gasteiger partial charge in [-0.25, -0.2) is 0 Å². The zero-order valence-corrected chi connectivity index (χ0v) is 13.3. The molecule has 1 saturated heterocycles. The summed E-state index contributed by atoms with van der Waals surface area (Å²) in [6.07, 6.45) is 6.49. The lowest BCUT2D eigenvalue weighted by Gasteiger charge is -2.44. The van der Waals surface area contributed by atoms with Gasteiger partial charge in [-0.3, -0.25) is 4.79 Å². The monoisotopic (exact) mass is 268 g/mol. The van der Waals surface area contributed by atoms with Crippen molar-refractivity contribution < 1.29 is 4.79 Å². The lowest BCUT2D eigenvalue weighted by atomic mass is 9.76. The van der Waals surface area contributed by atoms with Gasteiger partial charge in [0.1, 0.15) is 0 Å². The van der Waals surface area contributed by atoms with Gasteiger partial charge in [-0.15, -0.1) is 0 Å². The smallest absolute Gasteiger partial charge is 0.230 e. The molecule has 1 aliphatic rings. The van der Waals surface area contributed by atoms with Gasteiger partial charge in [-0.05, 0) is 37.5 Å². The van der Waals surface area contributed by atoms with Gasteiger partial charge in [0.25, 0.3) is 0 Å². The molecule has 112 valence electrons. The van der Waals surface area contributed by atoms with Crippen LogP contribution in [0.2, 0.25) is 0 Å². The standard InChI is InChI=1S/C16H32N2O/c1-5-9-15(4)10-8-11-18(13-15)14(19)16(6-2,7-3)12-17/h5-13,17H2,1-4H3. The van der Waals surface area contributed by atoms with Crippen molar-refractivity contribution in [2.75, 3.05) is 19.6 Å². The maximum Gasteiger partial charge on any atom is 0.230 e. The summed E-state index contributed by atoms with van der Waals surface area (Å²) >= 11 is 0. The molecule has 0 aromatic rings. The Morgan fingerprint density at radius 3 is 2.42 bits per heavy atom. The van der Waals surface area contributed by atoms with Crippen molar-refractivity contribution in [2.24, 2.45) is 16.6 Å². The number of amides is 1. The quantitative estimate of drug-likeness (QED) is 0.804. The van der Waals surface area contributed by atoms with Crippen molar-refractivity contribution in [3.05, 3.63) is 0 Å². The fraction of sp³-hybridized carbons (Fsp3) is 0.938. The van der Waals surface area contributed by atoms with E-state index in [1.165, 1.54) is 19.3 Å². The number of carbonyl (C=O) groups is 1. The van der Waals surface area contributed by atoms with Crippen LogP contribution in [0.4, 0.5) is 0 Å². The maximum absolute atomic E-state index is 12.9. The van der Waals surface area contributed by atoms with Crippen LogP contribution < -0.4 is 5.73 Å². The molecule has 1 aliphatic heterocycles. The summed E-state index contributed by atoms with van der Waals surface area (Å²) in [6.45, 7) is 11.0.